The lowest BCUT2D eigenvalue weighted by atomic mass is 10.3. The summed E-state index contributed by atoms with van der Waals surface area (Å²) in [5.74, 6) is 0. The molecule has 0 rings (SSSR count). The second-order valence-electron chi connectivity index (χ2n) is 2.78. The predicted octanol–water partition coefficient (Wildman–Crippen LogP) is 1.20. The SMILES string of the molecule is CCCC(OC)(OC)[P+](C)(O)O. The lowest BCUT2D eigenvalue weighted by Crippen LogP contribution is -2.35. The maximum absolute atomic E-state index is 9.48. The molecule has 0 atom stereocenters. The Morgan fingerprint density at radius 1 is 1.25 bits per heavy atom. The second-order valence-corrected chi connectivity index (χ2v) is 5.29. The van der Waals surface area contributed by atoms with Crippen molar-refractivity contribution in [3.63, 3.8) is 0 Å². The molecule has 0 bridgehead atoms. The molecular formula is C7H18O4P+. The third-order valence-electron chi connectivity index (χ3n) is 1.85. The van der Waals surface area contributed by atoms with Crippen LogP contribution >= 0.6 is 7.72 Å². The van der Waals surface area contributed by atoms with Crippen molar-refractivity contribution < 1.29 is 19.3 Å². The third-order valence-corrected chi connectivity index (χ3v) is 3.73. The van der Waals surface area contributed by atoms with Crippen molar-refractivity contribution in [1.29, 1.82) is 0 Å². The first-order valence-corrected chi connectivity index (χ1v) is 6.00. The molecule has 74 valence electrons. The zero-order chi connectivity index (χ0) is 9.83. The van der Waals surface area contributed by atoms with Gasteiger partial charge in [0.2, 0.25) is 0 Å². The van der Waals surface area contributed by atoms with Gasteiger partial charge in [-0.3, -0.25) is 0 Å². The first kappa shape index (κ1) is 12.3. The Kier molecular flexibility index (Phi) is 4.59. The van der Waals surface area contributed by atoms with Crippen LogP contribution in [0.5, 0.6) is 0 Å². The molecule has 0 aromatic heterocycles. The van der Waals surface area contributed by atoms with Gasteiger partial charge in [0.1, 0.15) is 6.66 Å². The zero-order valence-corrected chi connectivity index (χ0v) is 8.97. The normalized spacial score (nSPS) is 13.5. The average molecular weight is 197 g/mol. The molecule has 0 fully saturated rings. The van der Waals surface area contributed by atoms with Crippen LogP contribution < -0.4 is 0 Å². The standard InChI is InChI=1S/C7H18O4P/c1-5-6-7(10-2,11-3)12(4,8)9/h8-9H,5-6H2,1-4H3/q+1. The Morgan fingerprint density at radius 2 is 1.67 bits per heavy atom. The largest absolute Gasteiger partial charge is 0.338 e. The molecule has 0 spiro atoms. The molecule has 0 unspecified atom stereocenters. The van der Waals surface area contributed by atoms with Gasteiger partial charge in [-0.05, 0) is 6.42 Å². The van der Waals surface area contributed by atoms with E-state index in [9.17, 15) is 9.79 Å². The summed E-state index contributed by atoms with van der Waals surface area (Å²) in [4.78, 5) is 19.0. The van der Waals surface area contributed by atoms with Gasteiger partial charge in [-0.15, -0.1) is 0 Å². The summed E-state index contributed by atoms with van der Waals surface area (Å²) < 4.78 is 10.0. The lowest BCUT2D eigenvalue weighted by molar-refractivity contribution is -0.156. The Morgan fingerprint density at radius 3 is 1.75 bits per heavy atom. The molecule has 0 heterocycles. The molecule has 4 nitrogen and oxygen atoms in total. The molecule has 0 aliphatic heterocycles. The van der Waals surface area contributed by atoms with Gasteiger partial charge in [-0.2, -0.15) is 0 Å². The molecule has 0 aliphatic rings. The van der Waals surface area contributed by atoms with Crippen LogP contribution in [0.1, 0.15) is 19.8 Å². The lowest BCUT2D eigenvalue weighted by Gasteiger charge is -2.30. The van der Waals surface area contributed by atoms with E-state index in [1.165, 1.54) is 20.9 Å². The second kappa shape index (κ2) is 4.49. The minimum Gasteiger partial charge on any atom is -0.318 e. The summed E-state index contributed by atoms with van der Waals surface area (Å²) in [6.07, 6.45) is 1.26. The van der Waals surface area contributed by atoms with Crippen molar-refractivity contribution in [3.05, 3.63) is 0 Å². The Bertz CT molecular complexity index is 128. The Labute approximate surface area is 74.0 Å². The van der Waals surface area contributed by atoms with Crippen LogP contribution in [-0.4, -0.2) is 36.2 Å². The van der Waals surface area contributed by atoms with Crippen molar-refractivity contribution in [2.75, 3.05) is 20.9 Å². The van der Waals surface area contributed by atoms with Gasteiger partial charge in [-0.1, -0.05) is 6.92 Å². The highest BCUT2D eigenvalue weighted by molar-refractivity contribution is 7.65. The quantitative estimate of drug-likeness (QED) is 0.513. The summed E-state index contributed by atoms with van der Waals surface area (Å²) >= 11 is 0. The number of hydrogen-bond acceptors (Lipinski definition) is 4. The monoisotopic (exact) mass is 197 g/mol. The molecule has 0 saturated heterocycles. The van der Waals surface area contributed by atoms with Crippen molar-refractivity contribution in [3.8, 4) is 0 Å². The van der Waals surface area contributed by atoms with Gasteiger partial charge in [0.05, 0.1) is 0 Å². The topological polar surface area (TPSA) is 58.9 Å². The summed E-state index contributed by atoms with van der Waals surface area (Å²) in [5.41, 5.74) is -1.21. The van der Waals surface area contributed by atoms with E-state index in [1.807, 2.05) is 6.92 Å². The van der Waals surface area contributed by atoms with Gasteiger partial charge in [0.15, 0.2) is 0 Å². The summed E-state index contributed by atoms with van der Waals surface area (Å²) in [5, 5.41) is 0. The minimum atomic E-state index is -3.12. The maximum Gasteiger partial charge on any atom is 0.338 e. The maximum atomic E-state index is 9.48. The van der Waals surface area contributed by atoms with Crippen molar-refractivity contribution in [2.45, 2.75) is 25.3 Å². The van der Waals surface area contributed by atoms with Crippen LogP contribution in [0, 0.1) is 0 Å². The van der Waals surface area contributed by atoms with Gasteiger partial charge >= 0.3 is 13.2 Å². The van der Waals surface area contributed by atoms with E-state index in [0.717, 1.165) is 6.42 Å². The molecule has 0 amide bonds. The van der Waals surface area contributed by atoms with E-state index >= 15 is 0 Å². The van der Waals surface area contributed by atoms with Gasteiger partial charge in [0, 0.05) is 20.6 Å². The Balaban J connectivity index is 4.57. The van der Waals surface area contributed by atoms with Gasteiger partial charge in [0.25, 0.3) is 0 Å². The van der Waals surface area contributed by atoms with Gasteiger partial charge < -0.3 is 9.47 Å². The van der Waals surface area contributed by atoms with Crippen LogP contribution in [0.15, 0.2) is 0 Å². The zero-order valence-electron chi connectivity index (χ0n) is 8.07. The molecule has 0 saturated carbocycles. The molecular weight excluding hydrogens is 179 g/mol. The fourth-order valence-electron chi connectivity index (χ4n) is 1.16. The number of hydrogen-bond donors (Lipinski definition) is 2. The van der Waals surface area contributed by atoms with E-state index in [4.69, 9.17) is 9.47 Å². The van der Waals surface area contributed by atoms with Crippen molar-refractivity contribution in [2.24, 2.45) is 0 Å². The van der Waals surface area contributed by atoms with E-state index in [2.05, 4.69) is 0 Å². The van der Waals surface area contributed by atoms with E-state index in [1.54, 1.807) is 0 Å². The highest BCUT2D eigenvalue weighted by Crippen LogP contribution is 2.61. The summed E-state index contributed by atoms with van der Waals surface area (Å²) in [7, 11) is -0.277. The molecule has 0 aromatic carbocycles. The van der Waals surface area contributed by atoms with Crippen LogP contribution in [0.3, 0.4) is 0 Å². The average Bonchev–Trinajstić information content (AvgIpc) is 1.98. The van der Waals surface area contributed by atoms with Crippen LogP contribution in [-0.2, 0) is 9.47 Å². The van der Waals surface area contributed by atoms with Crippen LogP contribution in [0.25, 0.3) is 0 Å². The molecule has 0 aromatic rings. The summed E-state index contributed by atoms with van der Waals surface area (Å²) in [6, 6.07) is 0. The number of rotatable bonds is 5. The molecule has 12 heavy (non-hydrogen) atoms. The van der Waals surface area contributed by atoms with Crippen LogP contribution in [0.2, 0.25) is 0 Å². The van der Waals surface area contributed by atoms with Crippen LogP contribution in [0.4, 0.5) is 0 Å². The highest BCUT2D eigenvalue weighted by Gasteiger charge is 2.56. The molecule has 5 heteroatoms. The number of ether oxygens (including phenoxy) is 2. The van der Waals surface area contributed by atoms with Crippen molar-refractivity contribution >= 4 is 7.72 Å². The molecule has 0 radical (unpaired) electrons. The fraction of sp³-hybridized carbons (Fsp3) is 1.00. The first-order valence-electron chi connectivity index (χ1n) is 3.86. The van der Waals surface area contributed by atoms with E-state index in [-0.39, 0.29) is 0 Å². The minimum absolute atomic E-state index is 0.483. The molecule has 2 N–H and O–H groups in total. The Hall–Kier alpha value is 0.270. The van der Waals surface area contributed by atoms with Gasteiger partial charge in [-0.25, -0.2) is 9.79 Å². The highest BCUT2D eigenvalue weighted by atomic mass is 31.2. The van der Waals surface area contributed by atoms with Crippen molar-refractivity contribution in [1.82, 2.24) is 0 Å². The first-order chi connectivity index (χ1) is 5.43. The molecule has 0 aliphatic carbocycles. The third kappa shape index (κ3) is 2.38. The fourth-order valence-corrected chi connectivity index (χ4v) is 2.50. The smallest absolute Gasteiger partial charge is 0.318 e. The van der Waals surface area contributed by atoms with E-state index < -0.39 is 13.2 Å². The number of methoxy groups -OCH3 is 2. The summed E-state index contributed by atoms with van der Waals surface area (Å²) in [6.45, 7) is 3.29. The van der Waals surface area contributed by atoms with E-state index in [0.29, 0.717) is 6.42 Å². The predicted molar refractivity (Wildman–Crippen MR) is 48.9 cm³/mol.